The lowest BCUT2D eigenvalue weighted by Crippen LogP contribution is -2.29. The Labute approximate surface area is 147 Å². The van der Waals surface area contributed by atoms with Gasteiger partial charge in [0.25, 0.3) is 0 Å². The van der Waals surface area contributed by atoms with Gasteiger partial charge in [0, 0.05) is 18.0 Å². The third-order valence-electron chi connectivity index (χ3n) is 4.49. The normalized spacial score (nSPS) is 15.3. The molecule has 1 saturated heterocycles. The Hall–Kier alpha value is -2.47. The van der Waals surface area contributed by atoms with E-state index in [4.69, 9.17) is 0 Å². The summed E-state index contributed by atoms with van der Waals surface area (Å²) in [5.74, 6) is 0.544. The number of nitro groups is 1. The molecule has 1 aromatic carbocycles. The molecule has 3 rings (SSSR count). The molecular formula is C19H25N3O3. The van der Waals surface area contributed by atoms with Crippen LogP contribution in [-0.4, -0.2) is 34.5 Å². The van der Waals surface area contributed by atoms with Crippen LogP contribution in [-0.2, 0) is 0 Å². The molecule has 0 N–H and O–H groups in total. The molecule has 1 aliphatic heterocycles. The maximum absolute atomic E-state index is 12.1. The summed E-state index contributed by atoms with van der Waals surface area (Å²) in [6.07, 6.45) is 3.82. The fourth-order valence-electron chi connectivity index (χ4n) is 3.07. The van der Waals surface area contributed by atoms with Gasteiger partial charge in [-0.15, -0.1) is 0 Å². The lowest BCUT2D eigenvalue weighted by Gasteiger charge is -2.29. The summed E-state index contributed by atoms with van der Waals surface area (Å²) in [5, 5.41) is 10.9. The molecule has 0 bridgehead atoms. The number of benzene rings is 1. The Morgan fingerprint density at radius 1 is 1.08 bits per heavy atom. The highest BCUT2D eigenvalue weighted by Gasteiger charge is 2.19. The second-order valence-corrected chi connectivity index (χ2v) is 5.99. The number of hydrogen-bond acceptors (Lipinski definition) is 4. The molecule has 6 nitrogen and oxygen atoms in total. The molecule has 1 fully saturated rings. The van der Waals surface area contributed by atoms with E-state index >= 15 is 0 Å². The quantitative estimate of drug-likeness (QED) is 0.631. The van der Waals surface area contributed by atoms with E-state index in [1.165, 1.54) is 22.3 Å². The molecule has 0 saturated carbocycles. The monoisotopic (exact) mass is 343 g/mol. The van der Waals surface area contributed by atoms with Crippen molar-refractivity contribution in [3.8, 4) is 5.69 Å². The summed E-state index contributed by atoms with van der Waals surface area (Å²) in [6, 6.07) is 10.5. The number of aromatic nitrogens is 1. The van der Waals surface area contributed by atoms with Crippen LogP contribution in [0.2, 0.25) is 0 Å². The van der Waals surface area contributed by atoms with Crippen LogP contribution in [0.4, 0.5) is 5.69 Å². The molecule has 0 spiro atoms. The van der Waals surface area contributed by atoms with E-state index in [1.807, 2.05) is 38.1 Å². The molecule has 0 aliphatic carbocycles. The zero-order valence-corrected chi connectivity index (χ0v) is 15.0. The van der Waals surface area contributed by atoms with Gasteiger partial charge in [0.2, 0.25) is 0 Å². The predicted molar refractivity (Wildman–Crippen MR) is 99.5 cm³/mol. The lowest BCUT2D eigenvalue weighted by molar-refractivity contribution is -0.386. The second kappa shape index (κ2) is 8.58. The number of hydrogen-bond donors (Lipinski definition) is 0. The Bertz CT molecular complexity index is 760. The van der Waals surface area contributed by atoms with Crippen LogP contribution in [0.15, 0.2) is 47.4 Å². The van der Waals surface area contributed by atoms with E-state index in [9.17, 15) is 14.9 Å². The summed E-state index contributed by atoms with van der Waals surface area (Å²) in [4.78, 5) is 24.7. The van der Waals surface area contributed by atoms with E-state index in [-0.39, 0.29) is 0 Å². The zero-order chi connectivity index (χ0) is 18.4. The molecule has 25 heavy (non-hydrogen) atoms. The van der Waals surface area contributed by atoms with E-state index in [0.29, 0.717) is 11.6 Å². The Morgan fingerprint density at radius 2 is 1.68 bits per heavy atom. The van der Waals surface area contributed by atoms with E-state index < -0.39 is 16.2 Å². The fourth-order valence-corrected chi connectivity index (χ4v) is 3.07. The first-order valence-corrected chi connectivity index (χ1v) is 8.71. The van der Waals surface area contributed by atoms with Gasteiger partial charge < -0.3 is 4.90 Å². The maximum atomic E-state index is 12.1. The Balaban J connectivity index is 0.00000109. The topological polar surface area (TPSA) is 68.4 Å². The molecule has 2 heterocycles. The number of pyridine rings is 1. The molecule has 0 atom stereocenters. The van der Waals surface area contributed by atoms with Gasteiger partial charge >= 0.3 is 11.2 Å². The fraction of sp³-hybridized carbons (Fsp3) is 0.421. The standard InChI is InChI=1S/C17H19N3O3.C2H6/c1-18-11-8-14(9-12-18)13-4-6-15(7-5-13)19-10-2-3-16(17(19)21)20(22)23;1-2/h2-7,10,14H,8-9,11-12H2,1H3;1-2H3. The summed E-state index contributed by atoms with van der Waals surface area (Å²) in [5.41, 5.74) is 0.896. The van der Waals surface area contributed by atoms with Crippen molar-refractivity contribution in [2.75, 3.05) is 20.1 Å². The van der Waals surface area contributed by atoms with Crippen LogP contribution in [0.25, 0.3) is 5.69 Å². The molecule has 1 aliphatic rings. The SMILES string of the molecule is CC.CN1CCC(c2ccc(-n3cccc([N+](=O)[O-])c3=O)cc2)CC1. The molecule has 6 heteroatoms. The first-order chi connectivity index (χ1) is 12.1. The molecule has 0 unspecified atom stereocenters. The lowest BCUT2D eigenvalue weighted by atomic mass is 9.89. The number of piperidine rings is 1. The minimum Gasteiger partial charge on any atom is -0.306 e. The van der Waals surface area contributed by atoms with Gasteiger partial charge in [0.05, 0.1) is 4.92 Å². The van der Waals surface area contributed by atoms with Crippen molar-refractivity contribution in [3.05, 3.63) is 68.6 Å². The highest BCUT2D eigenvalue weighted by atomic mass is 16.6. The Morgan fingerprint density at radius 3 is 2.24 bits per heavy atom. The summed E-state index contributed by atoms with van der Waals surface area (Å²) >= 11 is 0. The molecule has 2 aromatic rings. The van der Waals surface area contributed by atoms with E-state index in [1.54, 1.807) is 6.20 Å². The van der Waals surface area contributed by atoms with Gasteiger partial charge in [-0.1, -0.05) is 26.0 Å². The van der Waals surface area contributed by atoms with Crippen LogP contribution in [0, 0.1) is 10.1 Å². The van der Waals surface area contributed by atoms with Crippen LogP contribution >= 0.6 is 0 Å². The van der Waals surface area contributed by atoms with Gasteiger partial charge in [0.1, 0.15) is 0 Å². The average molecular weight is 343 g/mol. The van der Waals surface area contributed by atoms with Crippen LogP contribution in [0.1, 0.15) is 38.2 Å². The summed E-state index contributed by atoms with van der Waals surface area (Å²) in [6.45, 7) is 6.19. The number of rotatable bonds is 3. The second-order valence-electron chi connectivity index (χ2n) is 5.99. The highest BCUT2D eigenvalue weighted by Crippen LogP contribution is 2.27. The van der Waals surface area contributed by atoms with Gasteiger partial charge in [-0.05, 0) is 62.7 Å². The highest BCUT2D eigenvalue weighted by molar-refractivity contribution is 5.39. The van der Waals surface area contributed by atoms with Crippen molar-refractivity contribution < 1.29 is 4.92 Å². The van der Waals surface area contributed by atoms with Crippen LogP contribution in [0.3, 0.4) is 0 Å². The third kappa shape index (κ3) is 4.33. The van der Waals surface area contributed by atoms with Gasteiger partial charge in [-0.2, -0.15) is 0 Å². The largest absolute Gasteiger partial charge is 0.334 e. The van der Waals surface area contributed by atoms with Crippen LogP contribution < -0.4 is 5.56 Å². The minimum atomic E-state index is -0.647. The van der Waals surface area contributed by atoms with Crippen molar-refractivity contribution in [2.45, 2.75) is 32.6 Å². The van der Waals surface area contributed by atoms with Crippen molar-refractivity contribution in [1.82, 2.24) is 9.47 Å². The van der Waals surface area contributed by atoms with Crippen LogP contribution in [0.5, 0.6) is 0 Å². The molecular weight excluding hydrogens is 318 g/mol. The Kier molecular flexibility index (Phi) is 6.47. The van der Waals surface area contributed by atoms with Gasteiger partial charge in [0.15, 0.2) is 0 Å². The zero-order valence-electron chi connectivity index (χ0n) is 15.0. The summed E-state index contributed by atoms with van der Waals surface area (Å²) < 4.78 is 1.32. The van der Waals surface area contributed by atoms with Gasteiger partial charge in [-0.25, -0.2) is 0 Å². The molecule has 0 radical (unpaired) electrons. The first kappa shape index (κ1) is 18.9. The molecule has 1 aromatic heterocycles. The van der Waals surface area contributed by atoms with Crippen molar-refractivity contribution in [2.24, 2.45) is 0 Å². The minimum absolute atomic E-state index is 0.410. The molecule has 134 valence electrons. The smallest absolute Gasteiger partial charge is 0.306 e. The van der Waals surface area contributed by atoms with Crippen molar-refractivity contribution in [1.29, 1.82) is 0 Å². The van der Waals surface area contributed by atoms with Crippen molar-refractivity contribution in [3.63, 3.8) is 0 Å². The number of likely N-dealkylation sites (tertiary alicyclic amines) is 1. The number of nitrogens with zero attached hydrogens (tertiary/aromatic N) is 3. The van der Waals surface area contributed by atoms with Crippen molar-refractivity contribution >= 4 is 5.69 Å². The third-order valence-corrected chi connectivity index (χ3v) is 4.49. The predicted octanol–water partition coefficient (Wildman–Crippen LogP) is 3.58. The van der Waals surface area contributed by atoms with E-state index in [0.717, 1.165) is 25.9 Å². The first-order valence-electron chi connectivity index (χ1n) is 8.71. The van der Waals surface area contributed by atoms with Gasteiger partial charge in [-0.3, -0.25) is 19.5 Å². The molecule has 0 amide bonds. The van der Waals surface area contributed by atoms with E-state index in [2.05, 4.69) is 11.9 Å². The summed E-state index contributed by atoms with van der Waals surface area (Å²) in [7, 11) is 2.13. The average Bonchev–Trinajstić information content (AvgIpc) is 2.64. The maximum Gasteiger partial charge on any atom is 0.334 e.